The third-order valence-electron chi connectivity index (χ3n) is 2.82. The molecule has 0 bridgehead atoms. The quantitative estimate of drug-likeness (QED) is 0.812. The number of thiazole rings is 1. The second-order valence-corrected chi connectivity index (χ2v) is 6.15. The number of thiophene rings is 1. The van der Waals surface area contributed by atoms with Crippen molar-refractivity contribution >= 4 is 62.1 Å². The van der Waals surface area contributed by atoms with Gasteiger partial charge >= 0.3 is 0 Å². The maximum absolute atomic E-state index is 5.74. The van der Waals surface area contributed by atoms with Crippen molar-refractivity contribution in [3.05, 3.63) is 10.4 Å². The van der Waals surface area contributed by atoms with E-state index in [4.69, 9.17) is 5.73 Å². The summed E-state index contributed by atoms with van der Waals surface area (Å²) >= 11 is 3.46. The monoisotopic (exact) mass is 311 g/mol. The first-order valence-corrected chi connectivity index (χ1v) is 6.72. The molecule has 0 saturated carbocycles. The average molecular weight is 312 g/mol. The van der Waals surface area contributed by atoms with E-state index in [-0.39, 0.29) is 24.8 Å². The average Bonchev–Trinajstić information content (AvgIpc) is 2.58. The van der Waals surface area contributed by atoms with Gasteiger partial charge in [-0.05, 0) is 32.0 Å². The highest BCUT2D eigenvalue weighted by molar-refractivity contribution is 7.29. The second-order valence-electron chi connectivity index (χ2n) is 4.03. The number of nitrogens with zero attached hydrogens (tertiary/aromatic N) is 2. The van der Waals surface area contributed by atoms with Crippen molar-refractivity contribution in [1.29, 1.82) is 0 Å². The van der Waals surface area contributed by atoms with Gasteiger partial charge in [-0.1, -0.05) is 11.3 Å². The molecule has 3 heterocycles. The van der Waals surface area contributed by atoms with Crippen molar-refractivity contribution in [2.24, 2.45) is 0 Å². The number of fused-ring (bicyclic) bond motifs is 3. The number of nitrogen functional groups attached to an aromatic ring is 1. The Morgan fingerprint density at radius 1 is 1.29 bits per heavy atom. The Bertz CT molecular complexity index is 509. The molecule has 96 valence electrons. The van der Waals surface area contributed by atoms with Crippen molar-refractivity contribution in [1.82, 2.24) is 9.88 Å². The molecule has 2 aromatic heterocycles. The van der Waals surface area contributed by atoms with Crippen LogP contribution in [0.4, 0.5) is 5.13 Å². The van der Waals surface area contributed by atoms with Crippen LogP contribution in [0.2, 0.25) is 0 Å². The van der Waals surface area contributed by atoms with Gasteiger partial charge < -0.3 is 10.6 Å². The van der Waals surface area contributed by atoms with Crippen LogP contribution in [0.15, 0.2) is 0 Å². The highest BCUT2D eigenvalue weighted by Crippen LogP contribution is 2.38. The molecule has 0 amide bonds. The molecule has 0 unspecified atom stereocenters. The smallest absolute Gasteiger partial charge is 0.181 e. The largest absolute Gasteiger partial charge is 0.375 e. The zero-order valence-corrected chi connectivity index (χ0v) is 12.7. The van der Waals surface area contributed by atoms with E-state index < -0.39 is 0 Å². The summed E-state index contributed by atoms with van der Waals surface area (Å²) in [5.74, 6) is 0. The second kappa shape index (κ2) is 5.71. The van der Waals surface area contributed by atoms with Crippen molar-refractivity contribution in [3.63, 3.8) is 0 Å². The lowest BCUT2D eigenvalue weighted by Gasteiger charge is -2.11. The molecule has 0 saturated heterocycles. The van der Waals surface area contributed by atoms with Crippen LogP contribution in [0.1, 0.15) is 16.9 Å². The normalized spacial score (nSPS) is 15.8. The zero-order valence-electron chi connectivity index (χ0n) is 9.43. The Kier molecular flexibility index (Phi) is 5.04. The maximum atomic E-state index is 5.74. The third kappa shape index (κ3) is 2.69. The Morgan fingerprint density at radius 3 is 2.82 bits per heavy atom. The molecule has 3 nitrogen and oxygen atoms in total. The molecule has 3 rings (SSSR count). The van der Waals surface area contributed by atoms with Crippen LogP contribution >= 0.6 is 47.5 Å². The van der Waals surface area contributed by atoms with Gasteiger partial charge in [0.2, 0.25) is 0 Å². The van der Waals surface area contributed by atoms with Gasteiger partial charge in [-0.15, -0.1) is 36.2 Å². The van der Waals surface area contributed by atoms with Gasteiger partial charge in [0.1, 0.15) is 4.83 Å². The molecule has 1 aliphatic heterocycles. The number of halogens is 2. The molecule has 0 fully saturated rings. The van der Waals surface area contributed by atoms with E-state index >= 15 is 0 Å². The van der Waals surface area contributed by atoms with Crippen LogP contribution in [0.25, 0.3) is 9.53 Å². The van der Waals surface area contributed by atoms with Gasteiger partial charge in [0, 0.05) is 11.4 Å². The first-order valence-electron chi connectivity index (χ1n) is 5.09. The third-order valence-corrected chi connectivity index (χ3v) is 5.01. The van der Waals surface area contributed by atoms with E-state index in [0.29, 0.717) is 5.13 Å². The van der Waals surface area contributed by atoms with Crippen LogP contribution in [0.3, 0.4) is 0 Å². The Morgan fingerprint density at radius 2 is 2.06 bits per heavy atom. The molecular weight excluding hydrogens is 297 g/mol. The Hall–Kier alpha value is -0.0700. The molecule has 0 aromatic carbocycles. The predicted molar refractivity (Wildman–Crippen MR) is 81.1 cm³/mol. The number of aryl methyl sites for hydroxylation is 1. The van der Waals surface area contributed by atoms with Crippen LogP contribution in [0, 0.1) is 0 Å². The molecule has 1 aliphatic rings. The standard InChI is InChI=1S/C10H13N3S2.2ClH/c1-13-4-2-3-6-7(5-13)14-9-8(6)15-10(11)12-9;;/h2-5H2,1H3,(H2,11,12);2*1H. The SMILES string of the molecule is CN1CCCc2c(sc3nc(N)sc23)C1.Cl.Cl. The van der Waals surface area contributed by atoms with E-state index in [2.05, 4.69) is 16.9 Å². The fraction of sp³-hybridized carbons (Fsp3) is 0.500. The first kappa shape index (κ1) is 15.0. The van der Waals surface area contributed by atoms with E-state index in [1.165, 1.54) is 34.5 Å². The molecular formula is C10H15Cl2N3S2. The molecule has 0 atom stereocenters. The van der Waals surface area contributed by atoms with Gasteiger partial charge in [-0.25, -0.2) is 4.98 Å². The molecule has 0 aliphatic carbocycles. The summed E-state index contributed by atoms with van der Waals surface area (Å²) < 4.78 is 1.34. The Balaban J connectivity index is 0.000000722. The molecule has 7 heteroatoms. The minimum absolute atomic E-state index is 0. The highest BCUT2D eigenvalue weighted by Gasteiger charge is 2.19. The number of hydrogen-bond donors (Lipinski definition) is 1. The van der Waals surface area contributed by atoms with Crippen LogP contribution in [-0.2, 0) is 13.0 Å². The van der Waals surface area contributed by atoms with Gasteiger partial charge in [-0.2, -0.15) is 0 Å². The van der Waals surface area contributed by atoms with Crippen molar-refractivity contribution in [2.45, 2.75) is 19.4 Å². The first-order chi connectivity index (χ1) is 7.24. The number of hydrogen-bond acceptors (Lipinski definition) is 5. The number of anilines is 1. The van der Waals surface area contributed by atoms with Crippen molar-refractivity contribution in [3.8, 4) is 0 Å². The van der Waals surface area contributed by atoms with Gasteiger partial charge in [0.15, 0.2) is 5.13 Å². The van der Waals surface area contributed by atoms with Crippen molar-refractivity contribution in [2.75, 3.05) is 19.3 Å². The summed E-state index contributed by atoms with van der Waals surface area (Å²) in [4.78, 5) is 9.38. The summed E-state index contributed by atoms with van der Waals surface area (Å²) in [6.07, 6.45) is 2.43. The topological polar surface area (TPSA) is 42.2 Å². The molecule has 0 spiro atoms. The lowest BCUT2D eigenvalue weighted by atomic mass is 10.1. The lowest BCUT2D eigenvalue weighted by molar-refractivity contribution is 0.334. The molecule has 0 radical (unpaired) electrons. The summed E-state index contributed by atoms with van der Waals surface area (Å²) in [5, 5.41) is 0.705. The molecule has 2 N–H and O–H groups in total. The van der Waals surface area contributed by atoms with Crippen LogP contribution < -0.4 is 5.73 Å². The summed E-state index contributed by atoms with van der Waals surface area (Å²) in [6, 6.07) is 0. The van der Waals surface area contributed by atoms with Gasteiger partial charge in [-0.3, -0.25) is 0 Å². The predicted octanol–water partition coefficient (Wildman–Crippen LogP) is 3.16. The van der Waals surface area contributed by atoms with E-state index in [1.807, 2.05) is 11.3 Å². The Labute approximate surface area is 121 Å². The summed E-state index contributed by atoms with van der Waals surface area (Å²) in [6.45, 7) is 2.26. The summed E-state index contributed by atoms with van der Waals surface area (Å²) in [5.41, 5.74) is 7.25. The van der Waals surface area contributed by atoms with Crippen molar-refractivity contribution < 1.29 is 0 Å². The number of aromatic nitrogens is 1. The lowest BCUT2D eigenvalue weighted by Crippen LogP contribution is -2.16. The zero-order chi connectivity index (χ0) is 10.4. The fourth-order valence-corrected chi connectivity index (χ4v) is 4.52. The molecule has 2 aromatic rings. The van der Waals surface area contributed by atoms with E-state index in [1.54, 1.807) is 11.3 Å². The van der Waals surface area contributed by atoms with Gasteiger partial charge in [0.25, 0.3) is 0 Å². The number of nitrogens with two attached hydrogens (primary N) is 1. The fourth-order valence-electron chi connectivity index (χ4n) is 2.12. The van der Waals surface area contributed by atoms with Gasteiger partial charge in [0.05, 0.1) is 4.70 Å². The minimum Gasteiger partial charge on any atom is -0.375 e. The number of rotatable bonds is 0. The highest BCUT2D eigenvalue weighted by atomic mass is 35.5. The van der Waals surface area contributed by atoms with E-state index in [0.717, 1.165) is 11.4 Å². The van der Waals surface area contributed by atoms with Crippen LogP contribution in [0.5, 0.6) is 0 Å². The minimum atomic E-state index is 0. The maximum Gasteiger partial charge on any atom is 0.181 e. The molecule has 17 heavy (non-hydrogen) atoms. The summed E-state index contributed by atoms with van der Waals surface area (Å²) in [7, 11) is 2.19. The van der Waals surface area contributed by atoms with E-state index in [9.17, 15) is 0 Å². The van der Waals surface area contributed by atoms with Crippen LogP contribution in [-0.4, -0.2) is 23.5 Å².